The smallest absolute Gasteiger partial charge is 0.358 e. The highest BCUT2D eigenvalue weighted by molar-refractivity contribution is 5.86. The Balaban J connectivity index is 2.38. The van der Waals surface area contributed by atoms with Gasteiger partial charge in [0.1, 0.15) is 0 Å². The monoisotopic (exact) mass is 259 g/mol. The minimum absolute atomic E-state index is 0.0279. The number of hydrogen-bond acceptors (Lipinski definition) is 3. The molecule has 1 heterocycles. The average Bonchev–Trinajstić information content (AvgIpc) is 2.84. The van der Waals surface area contributed by atoms with Crippen molar-refractivity contribution in [2.75, 3.05) is 0 Å². The highest BCUT2D eigenvalue weighted by Gasteiger charge is 2.18. The van der Waals surface area contributed by atoms with Gasteiger partial charge in [-0.2, -0.15) is 0 Å². The van der Waals surface area contributed by atoms with Gasteiger partial charge in [-0.3, -0.25) is 0 Å². The van der Waals surface area contributed by atoms with Crippen molar-refractivity contribution in [3.05, 3.63) is 41.2 Å². The molecule has 2 aromatic rings. The molecule has 0 fully saturated rings. The van der Waals surface area contributed by atoms with E-state index in [1.54, 1.807) is 4.68 Å². The Morgan fingerprint density at radius 3 is 2.47 bits per heavy atom. The average molecular weight is 259 g/mol. The normalized spacial score (nSPS) is 10.6. The Labute approximate surface area is 111 Å². The lowest BCUT2D eigenvalue weighted by Crippen LogP contribution is -2.05. The first-order chi connectivity index (χ1) is 9.17. The minimum atomic E-state index is -1.04. The fourth-order valence-electron chi connectivity index (χ4n) is 2.08. The summed E-state index contributed by atoms with van der Waals surface area (Å²) in [6.07, 6.45) is 2.72. The second-order valence-corrected chi connectivity index (χ2v) is 4.37. The zero-order valence-electron chi connectivity index (χ0n) is 11.1. The van der Waals surface area contributed by atoms with Gasteiger partial charge in [0.15, 0.2) is 5.69 Å². The summed E-state index contributed by atoms with van der Waals surface area (Å²) in [7, 11) is 0. The summed E-state index contributed by atoms with van der Waals surface area (Å²) in [6.45, 7) is 4.03. The van der Waals surface area contributed by atoms with Gasteiger partial charge >= 0.3 is 5.97 Å². The molecular weight excluding hydrogens is 242 g/mol. The zero-order valence-corrected chi connectivity index (χ0v) is 11.1. The van der Waals surface area contributed by atoms with Crippen molar-refractivity contribution >= 4 is 5.97 Å². The topological polar surface area (TPSA) is 68.0 Å². The van der Waals surface area contributed by atoms with E-state index in [0.717, 1.165) is 18.5 Å². The van der Waals surface area contributed by atoms with E-state index in [4.69, 9.17) is 5.11 Å². The third kappa shape index (κ3) is 2.65. The molecule has 0 aliphatic carbocycles. The van der Waals surface area contributed by atoms with E-state index in [0.29, 0.717) is 12.1 Å². The Kier molecular flexibility index (Phi) is 3.94. The minimum Gasteiger partial charge on any atom is -0.476 e. The molecule has 100 valence electrons. The maximum Gasteiger partial charge on any atom is 0.358 e. The number of hydrogen-bond donors (Lipinski definition) is 1. The van der Waals surface area contributed by atoms with E-state index in [1.807, 2.05) is 31.2 Å². The van der Waals surface area contributed by atoms with Crippen LogP contribution in [0.2, 0.25) is 0 Å². The number of aromatic carboxylic acids is 1. The van der Waals surface area contributed by atoms with Gasteiger partial charge in [-0.15, -0.1) is 5.10 Å². The standard InChI is InChI=1S/C14H17N3O2/c1-3-5-10-6-8-11(9-7-10)17-12(4-2)13(14(18)19)15-16-17/h6-9H,3-5H2,1-2H3,(H,18,19). The van der Waals surface area contributed by atoms with Gasteiger partial charge in [0.2, 0.25) is 0 Å². The van der Waals surface area contributed by atoms with Crippen molar-refractivity contribution in [1.29, 1.82) is 0 Å². The van der Waals surface area contributed by atoms with Crippen molar-refractivity contribution in [3.63, 3.8) is 0 Å². The van der Waals surface area contributed by atoms with Crippen molar-refractivity contribution in [2.24, 2.45) is 0 Å². The van der Waals surface area contributed by atoms with Crippen LogP contribution in [0.4, 0.5) is 0 Å². The van der Waals surface area contributed by atoms with Crippen molar-refractivity contribution in [1.82, 2.24) is 15.0 Å². The maximum absolute atomic E-state index is 11.0. The summed E-state index contributed by atoms with van der Waals surface area (Å²) in [5, 5.41) is 16.7. The number of carbonyl (C=O) groups is 1. The van der Waals surface area contributed by atoms with Crippen LogP contribution in [0.25, 0.3) is 5.69 Å². The van der Waals surface area contributed by atoms with Crippen molar-refractivity contribution in [3.8, 4) is 5.69 Å². The quantitative estimate of drug-likeness (QED) is 0.895. The van der Waals surface area contributed by atoms with Gasteiger partial charge in [0, 0.05) is 0 Å². The molecule has 5 heteroatoms. The molecule has 0 amide bonds. The molecule has 0 saturated carbocycles. The number of rotatable bonds is 5. The zero-order chi connectivity index (χ0) is 13.8. The van der Waals surface area contributed by atoms with Crippen LogP contribution in [-0.4, -0.2) is 26.1 Å². The van der Waals surface area contributed by atoms with E-state index in [9.17, 15) is 4.79 Å². The Morgan fingerprint density at radius 1 is 1.26 bits per heavy atom. The van der Waals surface area contributed by atoms with E-state index in [1.165, 1.54) is 5.56 Å². The molecule has 0 saturated heterocycles. The molecule has 0 bridgehead atoms. The molecule has 2 rings (SSSR count). The summed E-state index contributed by atoms with van der Waals surface area (Å²) in [4.78, 5) is 11.0. The lowest BCUT2D eigenvalue weighted by Gasteiger charge is -2.06. The van der Waals surface area contributed by atoms with Gasteiger partial charge in [-0.05, 0) is 30.5 Å². The second-order valence-electron chi connectivity index (χ2n) is 4.37. The predicted octanol–water partition coefficient (Wildman–Crippen LogP) is 2.48. The van der Waals surface area contributed by atoms with E-state index in [-0.39, 0.29) is 5.69 Å². The van der Waals surface area contributed by atoms with Gasteiger partial charge < -0.3 is 5.11 Å². The molecule has 0 radical (unpaired) electrons. The van der Waals surface area contributed by atoms with Crippen LogP contribution in [0.1, 0.15) is 42.0 Å². The van der Waals surface area contributed by atoms with Gasteiger partial charge in [0.05, 0.1) is 11.4 Å². The number of carboxylic acids is 1. The van der Waals surface area contributed by atoms with E-state index < -0.39 is 5.97 Å². The Hall–Kier alpha value is -2.17. The third-order valence-electron chi connectivity index (χ3n) is 3.02. The Morgan fingerprint density at radius 2 is 1.95 bits per heavy atom. The molecule has 1 N–H and O–H groups in total. The summed E-state index contributed by atoms with van der Waals surface area (Å²) in [5.41, 5.74) is 2.76. The molecule has 0 unspecified atom stereocenters. The molecule has 19 heavy (non-hydrogen) atoms. The fraction of sp³-hybridized carbons (Fsp3) is 0.357. The Bertz CT molecular complexity index is 573. The number of nitrogens with zero attached hydrogens (tertiary/aromatic N) is 3. The van der Waals surface area contributed by atoms with Crippen LogP contribution in [0.5, 0.6) is 0 Å². The third-order valence-corrected chi connectivity index (χ3v) is 3.02. The van der Waals surface area contributed by atoms with Crippen LogP contribution in [0.15, 0.2) is 24.3 Å². The number of benzene rings is 1. The van der Waals surface area contributed by atoms with E-state index in [2.05, 4.69) is 17.2 Å². The largest absolute Gasteiger partial charge is 0.476 e. The molecule has 1 aromatic heterocycles. The number of aromatic nitrogens is 3. The van der Waals surface area contributed by atoms with Crippen LogP contribution >= 0.6 is 0 Å². The van der Waals surface area contributed by atoms with Gasteiger partial charge in [0.25, 0.3) is 0 Å². The van der Waals surface area contributed by atoms with Crippen LogP contribution in [0, 0.1) is 0 Å². The highest BCUT2D eigenvalue weighted by Crippen LogP contribution is 2.15. The summed E-state index contributed by atoms with van der Waals surface area (Å²) in [6, 6.07) is 7.98. The lowest BCUT2D eigenvalue weighted by atomic mass is 10.1. The highest BCUT2D eigenvalue weighted by atomic mass is 16.4. The number of carboxylic acid groups (broad SMARTS) is 1. The molecule has 1 aromatic carbocycles. The fourth-order valence-corrected chi connectivity index (χ4v) is 2.08. The summed E-state index contributed by atoms with van der Waals surface area (Å²) >= 11 is 0. The predicted molar refractivity (Wildman–Crippen MR) is 71.7 cm³/mol. The first-order valence-electron chi connectivity index (χ1n) is 6.44. The molecule has 5 nitrogen and oxygen atoms in total. The lowest BCUT2D eigenvalue weighted by molar-refractivity contribution is 0.0689. The van der Waals surface area contributed by atoms with Gasteiger partial charge in [-0.1, -0.05) is 37.6 Å². The summed E-state index contributed by atoms with van der Waals surface area (Å²) in [5.74, 6) is -1.04. The first kappa shape index (κ1) is 13.3. The molecule has 0 aliphatic heterocycles. The van der Waals surface area contributed by atoms with Crippen LogP contribution in [-0.2, 0) is 12.8 Å². The molecule has 0 aliphatic rings. The van der Waals surface area contributed by atoms with Crippen LogP contribution < -0.4 is 0 Å². The second kappa shape index (κ2) is 5.65. The van der Waals surface area contributed by atoms with Crippen LogP contribution in [0.3, 0.4) is 0 Å². The summed E-state index contributed by atoms with van der Waals surface area (Å²) < 4.78 is 1.60. The first-order valence-corrected chi connectivity index (χ1v) is 6.44. The molecule has 0 spiro atoms. The van der Waals surface area contributed by atoms with E-state index >= 15 is 0 Å². The molecule has 0 atom stereocenters. The van der Waals surface area contributed by atoms with Crippen molar-refractivity contribution in [2.45, 2.75) is 33.1 Å². The molecular formula is C14H17N3O2. The SMILES string of the molecule is CCCc1ccc(-n2nnc(C(=O)O)c2CC)cc1. The number of aryl methyl sites for hydroxylation is 1. The van der Waals surface area contributed by atoms with Crippen molar-refractivity contribution < 1.29 is 9.90 Å². The van der Waals surface area contributed by atoms with Gasteiger partial charge in [-0.25, -0.2) is 9.48 Å². The maximum atomic E-state index is 11.0.